The van der Waals surface area contributed by atoms with Gasteiger partial charge < -0.3 is 10.0 Å². The number of aliphatic hydroxyl groups is 1. The van der Waals surface area contributed by atoms with Crippen molar-refractivity contribution in [2.24, 2.45) is 16.4 Å². The Morgan fingerprint density at radius 1 is 1.53 bits per heavy atom. The number of amides is 1. The molecule has 17 heavy (non-hydrogen) atoms. The molecule has 1 aliphatic carbocycles. The molecule has 2 rings (SSSR count). The Kier molecular flexibility index (Phi) is 3.54. The third-order valence-corrected chi connectivity index (χ3v) is 4.25. The van der Waals surface area contributed by atoms with Gasteiger partial charge in [-0.05, 0) is 23.8 Å². The largest absolute Gasteiger partial charge is 0.396 e. The highest BCUT2D eigenvalue weighted by atomic mass is 16.3. The maximum atomic E-state index is 11.8. The lowest BCUT2D eigenvalue weighted by Gasteiger charge is -2.28. The van der Waals surface area contributed by atoms with Crippen LogP contribution in [0.3, 0.4) is 0 Å². The number of carbonyl (C=O) groups is 1. The molecule has 0 aromatic heterocycles. The first-order valence-corrected chi connectivity index (χ1v) is 6.11. The normalized spacial score (nSPS) is 26.2. The Balaban J connectivity index is 2.04. The Bertz CT molecular complexity index is 345. The number of hydrogen-bond acceptors (Lipinski definition) is 3. The van der Waals surface area contributed by atoms with Crippen molar-refractivity contribution >= 4 is 5.91 Å². The summed E-state index contributed by atoms with van der Waals surface area (Å²) in [6, 6.07) is 0. The summed E-state index contributed by atoms with van der Waals surface area (Å²) < 4.78 is 0. The number of rotatable bonds is 3. The first-order valence-electron chi connectivity index (χ1n) is 6.11. The standard InChI is InChI=1S/C11H18N4O2/c12-14-13-5-10(17)15-6-9(7-16)11(8-15)3-1-2-4-11/h9,16H,1-8H2/t9-/m0/s1. The fourth-order valence-electron chi connectivity index (χ4n) is 3.31. The van der Waals surface area contributed by atoms with Crippen LogP contribution >= 0.6 is 0 Å². The summed E-state index contributed by atoms with van der Waals surface area (Å²) >= 11 is 0. The smallest absolute Gasteiger partial charge is 0.228 e. The quantitative estimate of drug-likeness (QED) is 0.456. The number of hydrogen-bond donors (Lipinski definition) is 1. The van der Waals surface area contributed by atoms with Gasteiger partial charge in [0.25, 0.3) is 0 Å². The van der Waals surface area contributed by atoms with E-state index >= 15 is 0 Å². The predicted molar refractivity (Wildman–Crippen MR) is 62.1 cm³/mol. The van der Waals surface area contributed by atoms with Crippen LogP contribution in [-0.2, 0) is 4.79 Å². The number of aliphatic hydroxyl groups excluding tert-OH is 1. The molecular weight excluding hydrogens is 220 g/mol. The zero-order valence-corrected chi connectivity index (χ0v) is 9.88. The van der Waals surface area contributed by atoms with Gasteiger partial charge in [0.1, 0.15) is 6.54 Å². The third-order valence-electron chi connectivity index (χ3n) is 4.25. The van der Waals surface area contributed by atoms with Gasteiger partial charge in [-0.25, -0.2) is 0 Å². The van der Waals surface area contributed by atoms with Crippen LogP contribution in [0.15, 0.2) is 5.11 Å². The van der Waals surface area contributed by atoms with Crippen LogP contribution in [0.1, 0.15) is 25.7 Å². The van der Waals surface area contributed by atoms with Crippen LogP contribution < -0.4 is 0 Å². The van der Waals surface area contributed by atoms with Crippen molar-refractivity contribution in [3.8, 4) is 0 Å². The molecule has 6 nitrogen and oxygen atoms in total. The molecule has 1 saturated heterocycles. The number of carbonyl (C=O) groups excluding carboxylic acids is 1. The Labute approximate surface area is 100 Å². The predicted octanol–water partition coefficient (Wildman–Crippen LogP) is 1.31. The summed E-state index contributed by atoms with van der Waals surface area (Å²) in [5.74, 6) is 0.0741. The summed E-state index contributed by atoms with van der Waals surface area (Å²) in [6.45, 7) is 1.37. The summed E-state index contributed by atoms with van der Waals surface area (Å²) in [7, 11) is 0. The van der Waals surface area contributed by atoms with E-state index < -0.39 is 0 Å². The Morgan fingerprint density at radius 2 is 2.24 bits per heavy atom. The van der Waals surface area contributed by atoms with Crippen molar-refractivity contribution in [1.82, 2.24) is 4.90 Å². The van der Waals surface area contributed by atoms with Gasteiger partial charge in [0.2, 0.25) is 5.91 Å². The lowest BCUT2D eigenvalue weighted by Crippen LogP contribution is -2.32. The molecule has 1 saturated carbocycles. The molecule has 94 valence electrons. The molecule has 1 atom stereocenters. The second-order valence-electron chi connectivity index (χ2n) is 5.11. The number of likely N-dealkylation sites (tertiary alicyclic amines) is 1. The minimum absolute atomic E-state index is 0.106. The molecule has 1 heterocycles. The molecule has 0 unspecified atom stereocenters. The SMILES string of the molecule is [N-]=[N+]=NCC(=O)N1C[C@@H](CO)C2(CCCC2)C1. The van der Waals surface area contributed by atoms with Gasteiger partial charge in [0.15, 0.2) is 0 Å². The van der Waals surface area contributed by atoms with Gasteiger partial charge in [0, 0.05) is 30.5 Å². The van der Waals surface area contributed by atoms with E-state index in [-0.39, 0.29) is 30.4 Å². The second kappa shape index (κ2) is 4.94. The van der Waals surface area contributed by atoms with Crippen molar-refractivity contribution in [3.05, 3.63) is 10.4 Å². The van der Waals surface area contributed by atoms with E-state index in [1.165, 1.54) is 12.8 Å². The fraction of sp³-hybridized carbons (Fsp3) is 0.909. The molecule has 1 aliphatic heterocycles. The molecular formula is C11H18N4O2. The zero-order valence-electron chi connectivity index (χ0n) is 9.88. The summed E-state index contributed by atoms with van der Waals surface area (Å²) in [6.07, 6.45) is 4.58. The fourth-order valence-corrected chi connectivity index (χ4v) is 3.31. The Hall–Kier alpha value is -1.26. The van der Waals surface area contributed by atoms with Gasteiger partial charge in [-0.1, -0.05) is 18.0 Å². The number of nitrogens with zero attached hydrogens (tertiary/aromatic N) is 4. The first kappa shape index (κ1) is 12.2. The van der Waals surface area contributed by atoms with Crippen LogP contribution in [0.4, 0.5) is 0 Å². The minimum Gasteiger partial charge on any atom is -0.396 e. The lowest BCUT2D eigenvalue weighted by molar-refractivity contribution is -0.129. The van der Waals surface area contributed by atoms with Crippen LogP contribution in [-0.4, -0.2) is 42.2 Å². The van der Waals surface area contributed by atoms with Crippen molar-refractivity contribution in [2.45, 2.75) is 25.7 Å². The maximum Gasteiger partial charge on any atom is 0.228 e. The highest BCUT2D eigenvalue weighted by Gasteiger charge is 2.48. The van der Waals surface area contributed by atoms with Gasteiger partial charge >= 0.3 is 0 Å². The van der Waals surface area contributed by atoms with E-state index in [9.17, 15) is 9.90 Å². The van der Waals surface area contributed by atoms with Crippen molar-refractivity contribution in [1.29, 1.82) is 0 Å². The molecule has 0 bridgehead atoms. The maximum absolute atomic E-state index is 11.8. The average Bonchev–Trinajstić information content (AvgIpc) is 2.94. The van der Waals surface area contributed by atoms with Gasteiger partial charge in [0.05, 0.1) is 0 Å². The van der Waals surface area contributed by atoms with Crippen LogP contribution in [0, 0.1) is 11.3 Å². The molecule has 0 aromatic rings. The molecule has 1 N–H and O–H groups in total. The highest BCUT2D eigenvalue weighted by molar-refractivity contribution is 5.78. The van der Waals surface area contributed by atoms with Gasteiger partial charge in [-0.2, -0.15) is 0 Å². The molecule has 1 amide bonds. The molecule has 2 fully saturated rings. The van der Waals surface area contributed by atoms with E-state index in [0.29, 0.717) is 6.54 Å². The van der Waals surface area contributed by atoms with Gasteiger partial charge in [-0.15, -0.1) is 0 Å². The zero-order chi connectivity index (χ0) is 12.3. The Morgan fingerprint density at radius 3 is 2.82 bits per heavy atom. The average molecular weight is 238 g/mol. The van der Waals surface area contributed by atoms with E-state index in [1.54, 1.807) is 4.90 Å². The second-order valence-corrected chi connectivity index (χ2v) is 5.11. The van der Waals surface area contributed by atoms with E-state index in [4.69, 9.17) is 5.53 Å². The van der Waals surface area contributed by atoms with Crippen molar-refractivity contribution in [3.63, 3.8) is 0 Å². The topological polar surface area (TPSA) is 89.3 Å². The lowest BCUT2D eigenvalue weighted by atomic mass is 9.77. The first-order chi connectivity index (χ1) is 8.22. The van der Waals surface area contributed by atoms with Crippen molar-refractivity contribution in [2.75, 3.05) is 26.2 Å². The molecule has 1 spiro atoms. The molecule has 0 aromatic carbocycles. The minimum atomic E-state index is -0.120. The summed E-state index contributed by atoms with van der Waals surface area (Å²) in [5, 5.41) is 12.8. The van der Waals surface area contributed by atoms with E-state index in [0.717, 1.165) is 19.4 Å². The van der Waals surface area contributed by atoms with E-state index in [2.05, 4.69) is 10.0 Å². The number of azide groups is 1. The monoisotopic (exact) mass is 238 g/mol. The highest BCUT2D eigenvalue weighted by Crippen LogP contribution is 2.48. The summed E-state index contributed by atoms with van der Waals surface area (Å²) in [5.41, 5.74) is 8.33. The van der Waals surface area contributed by atoms with Gasteiger partial charge in [-0.3, -0.25) is 4.79 Å². The molecule has 2 aliphatic rings. The van der Waals surface area contributed by atoms with Crippen LogP contribution in [0.5, 0.6) is 0 Å². The van der Waals surface area contributed by atoms with E-state index in [1.807, 2.05) is 0 Å². The summed E-state index contributed by atoms with van der Waals surface area (Å²) in [4.78, 5) is 16.1. The third kappa shape index (κ3) is 2.23. The van der Waals surface area contributed by atoms with Crippen LogP contribution in [0.25, 0.3) is 10.4 Å². The van der Waals surface area contributed by atoms with Crippen molar-refractivity contribution < 1.29 is 9.90 Å². The molecule has 6 heteroatoms. The molecule has 0 radical (unpaired) electrons. The van der Waals surface area contributed by atoms with Crippen LogP contribution in [0.2, 0.25) is 0 Å².